The van der Waals surface area contributed by atoms with E-state index in [1.165, 1.54) is 12.3 Å². The Bertz CT molecular complexity index is 364. The third-order valence-electron chi connectivity index (χ3n) is 3.37. The van der Waals surface area contributed by atoms with E-state index in [9.17, 15) is 13.2 Å². The minimum absolute atomic E-state index is 0.0260. The highest BCUT2D eigenvalue weighted by atomic mass is 19.4. The summed E-state index contributed by atoms with van der Waals surface area (Å²) in [6.07, 6.45) is -1.62. The highest BCUT2D eigenvalue weighted by molar-refractivity contribution is 5.10. The van der Waals surface area contributed by atoms with Gasteiger partial charge >= 0.3 is 6.30 Å². The molecule has 1 aliphatic heterocycles. The van der Waals surface area contributed by atoms with Gasteiger partial charge in [0.15, 0.2) is 0 Å². The molecule has 0 radical (unpaired) electrons. The smallest absolute Gasteiger partial charge is 0.304 e. The second kappa shape index (κ2) is 4.68. The second-order valence-electron chi connectivity index (χ2n) is 4.34. The molecule has 0 spiro atoms. The van der Waals surface area contributed by atoms with Gasteiger partial charge in [0, 0.05) is 12.1 Å². The zero-order chi connectivity index (χ0) is 12.5. The van der Waals surface area contributed by atoms with Gasteiger partial charge < -0.3 is 4.90 Å². The maximum absolute atomic E-state index is 12.7. The number of hydrogen-bond acceptors (Lipinski definition) is 2. The van der Waals surface area contributed by atoms with E-state index < -0.39 is 6.30 Å². The van der Waals surface area contributed by atoms with E-state index in [2.05, 4.69) is 16.9 Å². The molecule has 1 aromatic heterocycles. The fraction of sp³-hybridized carbons (Fsp3) is 0.727. The quantitative estimate of drug-likeness (QED) is 0.800. The van der Waals surface area contributed by atoms with Crippen molar-refractivity contribution in [2.24, 2.45) is 0 Å². The van der Waals surface area contributed by atoms with Crippen LogP contribution in [0.25, 0.3) is 0 Å². The summed E-state index contributed by atoms with van der Waals surface area (Å²) >= 11 is 0. The first-order valence-corrected chi connectivity index (χ1v) is 5.86. The summed E-state index contributed by atoms with van der Waals surface area (Å²) < 4.78 is 38.2. The van der Waals surface area contributed by atoms with Gasteiger partial charge in [-0.15, -0.1) is 13.2 Å². The monoisotopic (exact) mass is 247 g/mol. The van der Waals surface area contributed by atoms with E-state index in [1.807, 2.05) is 0 Å². The Morgan fingerprint density at radius 1 is 1.35 bits per heavy atom. The summed E-state index contributed by atoms with van der Waals surface area (Å²) in [6, 6.07) is 1.49. The number of nitrogens with zero attached hydrogens (tertiary/aromatic N) is 3. The lowest BCUT2D eigenvalue weighted by molar-refractivity contribution is -0.214. The molecule has 2 heterocycles. The predicted octanol–water partition coefficient (Wildman–Crippen LogP) is 2.56. The maximum Gasteiger partial charge on any atom is 0.504 e. The molecule has 3 nitrogen and oxygen atoms in total. The van der Waals surface area contributed by atoms with Crippen molar-refractivity contribution < 1.29 is 13.2 Å². The first-order chi connectivity index (χ1) is 8.02. The first-order valence-electron chi connectivity index (χ1n) is 5.86. The number of piperidine rings is 1. The van der Waals surface area contributed by atoms with Crippen LogP contribution in [0, 0.1) is 0 Å². The Morgan fingerprint density at radius 3 is 2.53 bits per heavy atom. The summed E-state index contributed by atoms with van der Waals surface area (Å²) in [4.78, 5) is 2.25. The molecule has 2 rings (SSSR count). The Balaban J connectivity index is 2.11. The zero-order valence-corrected chi connectivity index (χ0v) is 9.74. The van der Waals surface area contributed by atoms with Crippen LogP contribution < -0.4 is 0 Å². The zero-order valence-electron chi connectivity index (χ0n) is 9.74. The van der Waals surface area contributed by atoms with E-state index >= 15 is 0 Å². The van der Waals surface area contributed by atoms with Crippen LogP contribution in [0.2, 0.25) is 0 Å². The topological polar surface area (TPSA) is 21.1 Å². The second-order valence-corrected chi connectivity index (χ2v) is 4.34. The molecule has 1 aromatic rings. The van der Waals surface area contributed by atoms with Crippen molar-refractivity contribution in [1.82, 2.24) is 14.7 Å². The summed E-state index contributed by atoms with van der Waals surface area (Å²) in [7, 11) is 0. The van der Waals surface area contributed by atoms with Crippen LogP contribution in [0.5, 0.6) is 0 Å². The minimum atomic E-state index is -4.40. The van der Waals surface area contributed by atoms with Gasteiger partial charge in [-0.1, -0.05) is 6.92 Å². The van der Waals surface area contributed by atoms with Crippen molar-refractivity contribution in [2.45, 2.75) is 32.0 Å². The predicted molar refractivity (Wildman–Crippen MR) is 57.6 cm³/mol. The molecule has 0 amide bonds. The van der Waals surface area contributed by atoms with E-state index in [4.69, 9.17) is 0 Å². The van der Waals surface area contributed by atoms with Crippen molar-refractivity contribution in [1.29, 1.82) is 0 Å². The van der Waals surface area contributed by atoms with Crippen molar-refractivity contribution in [3.05, 3.63) is 18.0 Å². The van der Waals surface area contributed by atoms with E-state index in [-0.39, 0.29) is 10.6 Å². The SMILES string of the molecule is CCN1CCC(c2ccnn2C(F)(F)F)CC1. The Kier molecular flexibility index (Phi) is 3.42. The molecule has 96 valence electrons. The van der Waals surface area contributed by atoms with Crippen molar-refractivity contribution in [3.63, 3.8) is 0 Å². The number of aromatic nitrogens is 2. The lowest BCUT2D eigenvalue weighted by Crippen LogP contribution is -2.34. The van der Waals surface area contributed by atoms with Crippen LogP contribution in [0.15, 0.2) is 12.3 Å². The number of rotatable bonds is 2. The van der Waals surface area contributed by atoms with Crippen molar-refractivity contribution in [2.75, 3.05) is 19.6 Å². The third kappa shape index (κ3) is 2.62. The van der Waals surface area contributed by atoms with Gasteiger partial charge in [-0.2, -0.15) is 9.78 Å². The molecule has 1 saturated heterocycles. The van der Waals surface area contributed by atoms with Gasteiger partial charge in [0.1, 0.15) is 0 Å². The largest absolute Gasteiger partial charge is 0.504 e. The van der Waals surface area contributed by atoms with Crippen LogP contribution in [0.3, 0.4) is 0 Å². The first kappa shape index (κ1) is 12.4. The fourth-order valence-corrected chi connectivity index (χ4v) is 2.38. The number of alkyl halides is 3. The van der Waals surface area contributed by atoms with E-state index in [1.54, 1.807) is 0 Å². The van der Waals surface area contributed by atoms with Gasteiger partial charge in [-0.3, -0.25) is 0 Å². The molecule has 0 aromatic carbocycles. The third-order valence-corrected chi connectivity index (χ3v) is 3.37. The summed E-state index contributed by atoms with van der Waals surface area (Å²) in [5.74, 6) is -0.0260. The number of halogens is 3. The Morgan fingerprint density at radius 2 is 2.00 bits per heavy atom. The van der Waals surface area contributed by atoms with E-state index in [0.29, 0.717) is 5.69 Å². The molecule has 1 aliphatic rings. The molecule has 0 bridgehead atoms. The highest BCUT2D eigenvalue weighted by Crippen LogP contribution is 2.32. The minimum Gasteiger partial charge on any atom is -0.304 e. The standard InChI is InChI=1S/C11H16F3N3/c1-2-16-7-4-9(5-8-16)10-3-6-15-17(10)11(12,13)14/h3,6,9H,2,4-5,7-8H2,1H3. The molecule has 0 aliphatic carbocycles. The number of hydrogen-bond donors (Lipinski definition) is 0. The molecule has 0 saturated carbocycles. The summed E-state index contributed by atoms with van der Waals surface area (Å²) in [5, 5.41) is 3.38. The fourth-order valence-electron chi connectivity index (χ4n) is 2.38. The lowest BCUT2D eigenvalue weighted by Gasteiger charge is -2.31. The van der Waals surface area contributed by atoms with Gasteiger partial charge in [0.05, 0.1) is 5.69 Å². The Hall–Kier alpha value is -1.04. The highest BCUT2D eigenvalue weighted by Gasteiger charge is 2.36. The lowest BCUT2D eigenvalue weighted by atomic mass is 9.93. The van der Waals surface area contributed by atoms with Crippen LogP contribution in [0.1, 0.15) is 31.4 Å². The van der Waals surface area contributed by atoms with Gasteiger partial charge in [-0.25, -0.2) is 0 Å². The average Bonchev–Trinajstić information content (AvgIpc) is 2.78. The average molecular weight is 247 g/mol. The molecule has 0 N–H and O–H groups in total. The van der Waals surface area contributed by atoms with Crippen LogP contribution in [0.4, 0.5) is 13.2 Å². The molecular weight excluding hydrogens is 231 g/mol. The summed E-state index contributed by atoms with van der Waals surface area (Å²) in [6.45, 7) is 4.76. The van der Waals surface area contributed by atoms with E-state index in [0.717, 1.165) is 32.5 Å². The van der Waals surface area contributed by atoms with Gasteiger partial charge in [-0.05, 0) is 38.5 Å². The number of likely N-dealkylation sites (tertiary alicyclic amines) is 1. The van der Waals surface area contributed by atoms with Crippen molar-refractivity contribution in [3.8, 4) is 0 Å². The molecule has 1 fully saturated rings. The molecular formula is C11H16F3N3. The Labute approximate surface area is 98.2 Å². The molecule has 6 heteroatoms. The van der Waals surface area contributed by atoms with Crippen LogP contribution >= 0.6 is 0 Å². The van der Waals surface area contributed by atoms with Gasteiger partial charge in [0.2, 0.25) is 0 Å². The van der Waals surface area contributed by atoms with Crippen molar-refractivity contribution >= 4 is 0 Å². The summed E-state index contributed by atoms with van der Waals surface area (Å²) in [5.41, 5.74) is 0.299. The normalized spacial score (nSPS) is 19.8. The van der Waals surface area contributed by atoms with Crippen LogP contribution in [-0.4, -0.2) is 34.3 Å². The molecule has 17 heavy (non-hydrogen) atoms. The van der Waals surface area contributed by atoms with Gasteiger partial charge in [0.25, 0.3) is 0 Å². The molecule has 0 atom stereocenters. The van der Waals surface area contributed by atoms with Crippen LogP contribution in [-0.2, 0) is 6.30 Å². The maximum atomic E-state index is 12.7. The molecule has 0 unspecified atom stereocenters.